The van der Waals surface area contributed by atoms with Gasteiger partial charge in [-0.1, -0.05) is 55.3 Å². The monoisotopic (exact) mass is 281 g/mol. The van der Waals surface area contributed by atoms with Crippen molar-refractivity contribution in [2.45, 2.75) is 37.6 Å². The molecule has 2 unspecified atom stereocenters. The first-order valence-electron chi connectivity index (χ1n) is 7.83. The number of rotatable bonds is 4. The fourth-order valence-corrected chi connectivity index (χ4v) is 3.37. The van der Waals surface area contributed by atoms with Gasteiger partial charge in [0.15, 0.2) is 0 Å². The lowest BCUT2D eigenvalue weighted by atomic mass is 9.80. The predicted octanol–water partition coefficient (Wildman–Crippen LogP) is 4.83. The van der Waals surface area contributed by atoms with Crippen molar-refractivity contribution in [3.63, 3.8) is 0 Å². The van der Waals surface area contributed by atoms with E-state index in [1.807, 2.05) is 12.1 Å². The molecule has 0 heterocycles. The maximum Gasteiger partial charge on any atom is 0.141 e. The topological polar surface area (TPSA) is 21.3 Å². The van der Waals surface area contributed by atoms with Crippen molar-refractivity contribution in [2.75, 3.05) is 12.4 Å². The van der Waals surface area contributed by atoms with E-state index >= 15 is 0 Å². The zero-order valence-electron chi connectivity index (χ0n) is 12.6. The van der Waals surface area contributed by atoms with Crippen molar-refractivity contribution in [3.05, 3.63) is 60.2 Å². The van der Waals surface area contributed by atoms with Crippen LogP contribution in [0.15, 0.2) is 54.6 Å². The molecule has 0 amide bonds. The summed E-state index contributed by atoms with van der Waals surface area (Å²) in [4.78, 5) is 0. The molecule has 2 heteroatoms. The van der Waals surface area contributed by atoms with Crippen molar-refractivity contribution >= 4 is 5.69 Å². The van der Waals surface area contributed by atoms with Crippen LogP contribution >= 0.6 is 0 Å². The number of hydrogen-bond donors (Lipinski definition) is 1. The van der Waals surface area contributed by atoms with Gasteiger partial charge in [-0.25, -0.2) is 0 Å². The molecule has 2 nitrogen and oxygen atoms in total. The highest BCUT2D eigenvalue weighted by Crippen LogP contribution is 2.36. The number of methoxy groups -OCH3 is 1. The van der Waals surface area contributed by atoms with Crippen molar-refractivity contribution in [2.24, 2.45) is 0 Å². The SMILES string of the molecule is COc1ccccc1NC1CCCCC1c1ccccc1. The minimum absolute atomic E-state index is 0.484. The Morgan fingerprint density at radius 2 is 1.62 bits per heavy atom. The number of para-hydroxylation sites is 2. The Morgan fingerprint density at radius 3 is 2.43 bits per heavy atom. The van der Waals surface area contributed by atoms with Crippen LogP contribution in [-0.4, -0.2) is 13.2 Å². The van der Waals surface area contributed by atoms with E-state index in [0.29, 0.717) is 12.0 Å². The molecule has 1 N–H and O–H groups in total. The molecule has 0 aromatic heterocycles. The van der Waals surface area contributed by atoms with Gasteiger partial charge in [0.25, 0.3) is 0 Å². The maximum atomic E-state index is 5.47. The van der Waals surface area contributed by atoms with Crippen LogP contribution < -0.4 is 10.1 Å². The van der Waals surface area contributed by atoms with Gasteiger partial charge in [-0.15, -0.1) is 0 Å². The van der Waals surface area contributed by atoms with E-state index in [9.17, 15) is 0 Å². The number of hydrogen-bond acceptors (Lipinski definition) is 2. The molecular weight excluding hydrogens is 258 g/mol. The molecule has 1 aliphatic rings. The van der Waals surface area contributed by atoms with Crippen molar-refractivity contribution in [3.8, 4) is 5.75 Å². The number of benzene rings is 2. The quantitative estimate of drug-likeness (QED) is 0.866. The van der Waals surface area contributed by atoms with E-state index in [0.717, 1.165) is 11.4 Å². The van der Waals surface area contributed by atoms with Crippen LogP contribution in [0.3, 0.4) is 0 Å². The Labute approximate surface area is 127 Å². The van der Waals surface area contributed by atoms with Gasteiger partial charge in [0.2, 0.25) is 0 Å². The predicted molar refractivity (Wildman–Crippen MR) is 88.1 cm³/mol. The highest BCUT2D eigenvalue weighted by Gasteiger charge is 2.26. The summed E-state index contributed by atoms with van der Waals surface area (Å²) in [6.45, 7) is 0. The maximum absolute atomic E-state index is 5.47. The van der Waals surface area contributed by atoms with Gasteiger partial charge in [-0.2, -0.15) is 0 Å². The van der Waals surface area contributed by atoms with Gasteiger partial charge >= 0.3 is 0 Å². The Hall–Kier alpha value is -1.96. The Balaban J connectivity index is 1.82. The average molecular weight is 281 g/mol. The molecule has 2 aromatic rings. The second-order valence-electron chi connectivity index (χ2n) is 5.75. The van der Waals surface area contributed by atoms with Crippen LogP contribution in [0, 0.1) is 0 Å². The van der Waals surface area contributed by atoms with Crippen molar-refractivity contribution < 1.29 is 4.74 Å². The van der Waals surface area contributed by atoms with Crippen molar-refractivity contribution in [1.82, 2.24) is 0 Å². The first-order valence-corrected chi connectivity index (χ1v) is 7.83. The second-order valence-corrected chi connectivity index (χ2v) is 5.75. The van der Waals surface area contributed by atoms with E-state index in [-0.39, 0.29) is 0 Å². The smallest absolute Gasteiger partial charge is 0.141 e. The lowest BCUT2D eigenvalue weighted by Crippen LogP contribution is -2.30. The molecule has 110 valence electrons. The molecule has 0 radical (unpaired) electrons. The molecule has 0 spiro atoms. The third-order valence-electron chi connectivity index (χ3n) is 4.44. The third-order valence-corrected chi connectivity index (χ3v) is 4.44. The molecule has 2 aromatic carbocycles. The Kier molecular flexibility index (Phi) is 4.44. The minimum Gasteiger partial charge on any atom is -0.495 e. The molecule has 0 bridgehead atoms. The fraction of sp³-hybridized carbons (Fsp3) is 0.368. The van der Waals surface area contributed by atoms with Crippen LogP contribution in [0.25, 0.3) is 0 Å². The van der Waals surface area contributed by atoms with Gasteiger partial charge in [0, 0.05) is 12.0 Å². The first kappa shape index (κ1) is 14.0. The van der Waals surface area contributed by atoms with Gasteiger partial charge in [-0.05, 0) is 30.5 Å². The zero-order valence-corrected chi connectivity index (χ0v) is 12.6. The molecule has 3 rings (SSSR count). The lowest BCUT2D eigenvalue weighted by Gasteiger charge is -2.33. The van der Waals surface area contributed by atoms with Gasteiger partial charge in [0.1, 0.15) is 5.75 Å². The van der Waals surface area contributed by atoms with Crippen LogP contribution in [-0.2, 0) is 0 Å². The summed E-state index contributed by atoms with van der Waals surface area (Å²) in [7, 11) is 1.73. The molecule has 1 aliphatic carbocycles. The summed E-state index contributed by atoms with van der Waals surface area (Å²) < 4.78 is 5.47. The van der Waals surface area contributed by atoms with Gasteiger partial charge < -0.3 is 10.1 Å². The highest BCUT2D eigenvalue weighted by molar-refractivity contribution is 5.57. The summed E-state index contributed by atoms with van der Waals surface area (Å²) in [5, 5.41) is 3.72. The first-order chi connectivity index (χ1) is 10.4. The number of anilines is 1. The van der Waals surface area contributed by atoms with Gasteiger partial charge in [-0.3, -0.25) is 0 Å². The van der Waals surface area contributed by atoms with Crippen LogP contribution in [0.1, 0.15) is 37.2 Å². The van der Waals surface area contributed by atoms with E-state index in [2.05, 4.69) is 47.8 Å². The Morgan fingerprint density at radius 1 is 0.905 bits per heavy atom. The van der Waals surface area contributed by atoms with Crippen molar-refractivity contribution in [1.29, 1.82) is 0 Å². The largest absolute Gasteiger partial charge is 0.495 e. The van der Waals surface area contributed by atoms with E-state index in [1.54, 1.807) is 7.11 Å². The lowest BCUT2D eigenvalue weighted by molar-refractivity contribution is 0.396. The molecule has 1 fully saturated rings. The summed E-state index contributed by atoms with van der Waals surface area (Å²) >= 11 is 0. The standard InChI is InChI=1S/C19H23NO/c1-21-19-14-8-7-13-18(19)20-17-12-6-5-11-16(17)15-9-3-2-4-10-15/h2-4,7-10,13-14,16-17,20H,5-6,11-12H2,1H3. The van der Waals surface area contributed by atoms with E-state index < -0.39 is 0 Å². The molecule has 0 aliphatic heterocycles. The summed E-state index contributed by atoms with van der Waals surface area (Å²) in [5.41, 5.74) is 2.55. The Bertz CT molecular complexity index is 567. The fourth-order valence-electron chi connectivity index (χ4n) is 3.37. The summed E-state index contributed by atoms with van der Waals surface area (Å²) in [5.74, 6) is 1.51. The van der Waals surface area contributed by atoms with Gasteiger partial charge in [0.05, 0.1) is 12.8 Å². The summed E-state index contributed by atoms with van der Waals surface area (Å²) in [6, 6.07) is 19.6. The zero-order chi connectivity index (χ0) is 14.5. The van der Waals surface area contributed by atoms with Crippen LogP contribution in [0.5, 0.6) is 5.75 Å². The third kappa shape index (κ3) is 3.21. The number of nitrogens with one attached hydrogen (secondary N) is 1. The van der Waals surface area contributed by atoms with E-state index in [4.69, 9.17) is 4.74 Å². The second kappa shape index (κ2) is 6.66. The van der Waals surface area contributed by atoms with Crippen LogP contribution in [0.2, 0.25) is 0 Å². The molecule has 1 saturated carbocycles. The normalized spacial score (nSPS) is 21.8. The molecule has 21 heavy (non-hydrogen) atoms. The average Bonchev–Trinajstić information content (AvgIpc) is 2.57. The number of ether oxygens (including phenoxy) is 1. The molecular formula is C19H23NO. The minimum atomic E-state index is 0.484. The molecule has 2 atom stereocenters. The van der Waals surface area contributed by atoms with Crippen LogP contribution in [0.4, 0.5) is 5.69 Å². The highest BCUT2D eigenvalue weighted by atomic mass is 16.5. The summed E-state index contributed by atoms with van der Waals surface area (Å²) in [6.07, 6.45) is 5.11. The molecule has 0 saturated heterocycles. The van der Waals surface area contributed by atoms with E-state index in [1.165, 1.54) is 31.2 Å².